The zero-order valence-electron chi connectivity index (χ0n) is 14.9. The Morgan fingerprint density at radius 2 is 2.19 bits per heavy atom. The highest BCUT2D eigenvalue weighted by atomic mass is 32.1. The number of amides is 2. The predicted octanol–water partition coefficient (Wildman–Crippen LogP) is 3.67. The Morgan fingerprint density at radius 1 is 1.30 bits per heavy atom. The van der Waals surface area contributed by atoms with Gasteiger partial charge in [0.25, 0.3) is 0 Å². The van der Waals surface area contributed by atoms with Crippen molar-refractivity contribution in [2.45, 2.75) is 25.8 Å². The summed E-state index contributed by atoms with van der Waals surface area (Å²) in [6.07, 6.45) is 1.27. The number of benzene rings is 1. The molecular formula is C19H19N3O3S2. The number of fused-ring (bicyclic) bond motifs is 2. The van der Waals surface area contributed by atoms with E-state index in [0.29, 0.717) is 11.7 Å². The highest BCUT2D eigenvalue weighted by Crippen LogP contribution is 2.29. The number of rotatable bonds is 5. The van der Waals surface area contributed by atoms with Gasteiger partial charge in [0.15, 0.2) is 5.13 Å². The molecule has 1 aliphatic heterocycles. The van der Waals surface area contributed by atoms with Gasteiger partial charge in [-0.05, 0) is 41.6 Å². The van der Waals surface area contributed by atoms with Crippen LogP contribution in [-0.2, 0) is 22.6 Å². The molecule has 0 spiro atoms. The summed E-state index contributed by atoms with van der Waals surface area (Å²) in [6, 6.07) is 7.66. The Morgan fingerprint density at radius 3 is 3.04 bits per heavy atom. The summed E-state index contributed by atoms with van der Waals surface area (Å²) in [5, 5.41) is 5.40. The van der Waals surface area contributed by atoms with Gasteiger partial charge >= 0.3 is 0 Å². The lowest BCUT2D eigenvalue weighted by Crippen LogP contribution is -2.35. The second kappa shape index (κ2) is 7.66. The molecule has 0 bridgehead atoms. The van der Waals surface area contributed by atoms with E-state index in [1.165, 1.54) is 21.8 Å². The number of nitrogens with one attached hydrogen (secondary N) is 1. The molecule has 2 aromatic heterocycles. The predicted molar refractivity (Wildman–Crippen MR) is 107 cm³/mol. The maximum absolute atomic E-state index is 12.4. The monoisotopic (exact) mass is 401 g/mol. The minimum atomic E-state index is -0.192. The first-order valence-corrected chi connectivity index (χ1v) is 10.4. The van der Waals surface area contributed by atoms with Crippen molar-refractivity contribution in [2.24, 2.45) is 0 Å². The van der Waals surface area contributed by atoms with Gasteiger partial charge in [0.05, 0.1) is 17.3 Å². The Bertz CT molecular complexity index is 995. The molecule has 0 saturated carbocycles. The lowest BCUT2D eigenvalue weighted by atomic mass is 10.1. The van der Waals surface area contributed by atoms with Gasteiger partial charge in [0, 0.05) is 30.8 Å². The molecule has 1 aromatic carbocycles. The van der Waals surface area contributed by atoms with Crippen LogP contribution in [0.15, 0.2) is 29.6 Å². The number of nitrogens with zero attached hydrogens (tertiary/aromatic N) is 2. The van der Waals surface area contributed by atoms with Crippen molar-refractivity contribution in [2.75, 3.05) is 19.0 Å². The molecular weight excluding hydrogens is 382 g/mol. The van der Waals surface area contributed by atoms with Crippen LogP contribution >= 0.6 is 22.7 Å². The first-order chi connectivity index (χ1) is 13.1. The maximum Gasteiger partial charge on any atom is 0.226 e. The summed E-state index contributed by atoms with van der Waals surface area (Å²) < 4.78 is 6.15. The van der Waals surface area contributed by atoms with Gasteiger partial charge in [-0.2, -0.15) is 0 Å². The Labute approximate surface area is 164 Å². The molecule has 4 rings (SSSR count). The van der Waals surface area contributed by atoms with Gasteiger partial charge in [-0.1, -0.05) is 11.3 Å². The molecule has 0 aliphatic carbocycles. The summed E-state index contributed by atoms with van der Waals surface area (Å²) in [4.78, 5) is 32.2. The van der Waals surface area contributed by atoms with Crippen molar-refractivity contribution >= 4 is 49.8 Å². The molecule has 6 nitrogen and oxygen atoms in total. The molecule has 1 aliphatic rings. The number of thiazole rings is 1. The highest BCUT2D eigenvalue weighted by Gasteiger charge is 2.22. The third-order valence-electron chi connectivity index (χ3n) is 4.57. The van der Waals surface area contributed by atoms with Crippen molar-refractivity contribution in [1.29, 1.82) is 0 Å². The number of carbonyl (C=O) groups excluding carboxylic acids is 2. The maximum atomic E-state index is 12.4. The van der Waals surface area contributed by atoms with Gasteiger partial charge in [-0.3, -0.25) is 9.59 Å². The molecule has 3 heterocycles. The first kappa shape index (κ1) is 17.9. The summed E-state index contributed by atoms with van der Waals surface area (Å²) >= 11 is 3.14. The molecule has 140 valence electrons. The van der Waals surface area contributed by atoms with Crippen molar-refractivity contribution in [1.82, 2.24) is 9.88 Å². The molecule has 3 aromatic rings. The lowest BCUT2D eigenvalue weighted by molar-refractivity contribution is -0.133. The van der Waals surface area contributed by atoms with Crippen LogP contribution in [0.5, 0.6) is 5.75 Å². The normalized spacial score (nSPS) is 13.4. The topological polar surface area (TPSA) is 71.5 Å². The Hall–Kier alpha value is -2.45. The van der Waals surface area contributed by atoms with E-state index in [2.05, 4.69) is 21.7 Å². The SMILES string of the molecule is COc1ccc2nc(NC(=O)CCC(=O)N3CCc4sccc4C3)sc2c1. The van der Waals surface area contributed by atoms with Gasteiger partial charge in [0.1, 0.15) is 5.75 Å². The fourth-order valence-corrected chi connectivity index (χ4v) is 4.91. The van der Waals surface area contributed by atoms with Crippen molar-refractivity contribution < 1.29 is 14.3 Å². The van der Waals surface area contributed by atoms with E-state index in [1.54, 1.807) is 18.4 Å². The molecule has 8 heteroatoms. The second-order valence-corrected chi connectivity index (χ2v) is 8.37. The first-order valence-electron chi connectivity index (χ1n) is 8.70. The van der Waals surface area contributed by atoms with Gasteiger partial charge in [0.2, 0.25) is 11.8 Å². The second-order valence-electron chi connectivity index (χ2n) is 6.34. The molecule has 2 amide bonds. The number of aromatic nitrogens is 1. The van der Waals surface area contributed by atoms with Crippen LogP contribution in [0.25, 0.3) is 10.2 Å². The van der Waals surface area contributed by atoms with Gasteiger partial charge in [-0.25, -0.2) is 4.98 Å². The molecule has 27 heavy (non-hydrogen) atoms. The fraction of sp³-hybridized carbons (Fsp3) is 0.316. The number of hydrogen-bond donors (Lipinski definition) is 1. The van der Waals surface area contributed by atoms with Gasteiger partial charge < -0.3 is 15.0 Å². The van der Waals surface area contributed by atoms with E-state index in [0.717, 1.165) is 28.9 Å². The largest absolute Gasteiger partial charge is 0.497 e. The van der Waals surface area contributed by atoms with E-state index in [1.807, 2.05) is 23.1 Å². The number of methoxy groups -OCH3 is 1. The zero-order valence-corrected chi connectivity index (χ0v) is 16.5. The van der Waals surface area contributed by atoms with E-state index in [9.17, 15) is 9.59 Å². The smallest absolute Gasteiger partial charge is 0.226 e. The van der Waals surface area contributed by atoms with Crippen molar-refractivity contribution in [3.05, 3.63) is 40.1 Å². The minimum Gasteiger partial charge on any atom is -0.497 e. The number of hydrogen-bond acceptors (Lipinski definition) is 6. The summed E-state index contributed by atoms with van der Waals surface area (Å²) in [7, 11) is 1.61. The van der Waals surface area contributed by atoms with Crippen LogP contribution in [0.4, 0.5) is 5.13 Å². The third kappa shape index (κ3) is 3.96. The summed E-state index contributed by atoms with van der Waals surface area (Å²) in [6.45, 7) is 1.38. The van der Waals surface area contributed by atoms with E-state index in [-0.39, 0.29) is 24.7 Å². The lowest BCUT2D eigenvalue weighted by Gasteiger charge is -2.27. The minimum absolute atomic E-state index is 0.0241. The fourth-order valence-electron chi connectivity index (χ4n) is 3.11. The standard InChI is InChI=1S/C19H19N3O3S2/c1-25-13-2-3-14-16(10-13)27-19(20-14)21-17(23)4-5-18(24)22-8-6-15-12(11-22)7-9-26-15/h2-3,7,9-10H,4-6,8,11H2,1H3,(H,20,21,23). The summed E-state index contributed by atoms with van der Waals surface area (Å²) in [5.74, 6) is 0.587. The highest BCUT2D eigenvalue weighted by molar-refractivity contribution is 7.22. The molecule has 0 radical (unpaired) electrons. The average Bonchev–Trinajstić information content (AvgIpc) is 3.30. The number of ether oxygens (including phenoxy) is 1. The molecule has 0 unspecified atom stereocenters. The zero-order chi connectivity index (χ0) is 18.8. The third-order valence-corrected chi connectivity index (χ3v) is 6.52. The van der Waals surface area contributed by atoms with Crippen molar-refractivity contribution in [3.63, 3.8) is 0 Å². The summed E-state index contributed by atoms with van der Waals surface area (Å²) in [5.41, 5.74) is 2.04. The molecule has 0 saturated heterocycles. The van der Waals surface area contributed by atoms with Gasteiger partial charge in [-0.15, -0.1) is 11.3 Å². The van der Waals surface area contributed by atoms with Crippen LogP contribution < -0.4 is 10.1 Å². The number of anilines is 1. The van der Waals surface area contributed by atoms with E-state index >= 15 is 0 Å². The Kier molecular flexibility index (Phi) is 5.09. The van der Waals surface area contributed by atoms with E-state index < -0.39 is 0 Å². The van der Waals surface area contributed by atoms with Crippen LogP contribution in [0.3, 0.4) is 0 Å². The van der Waals surface area contributed by atoms with Crippen LogP contribution in [0.2, 0.25) is 0 Å². The van der Waals surface area contributed by atoms with Crippen molar-refractivity contribution in [3.8, 4) is 5.75 Å². The molecule has 1 N–H and O–H groups in total. The van der Waals surface area contributed by atoms with Crippen LogP contribution in [0, 0.1) is 0 Å². The quantitative estimate of drug-likeness (QED) is 0.708. The number of thiophene rings is 1. The molecule has 0 fully saturated rings. The average molecular weight is 402 g/mol. The Balaban J connectivity index is 1.31. The van der Waals surface area contributed by atoms with Crippen LogP contribution in [-0.4, -0.2) is 35.4 Å². The number of carbonyl (C=O) groups is 2. The van der Waals surface area contributed by atoms with Crippen LogP contribution in [0.1, 0.15) is 23.3 Å². The van der Waals surface area contributed by atoms with E-state index in [4.69, 9.17) is 4.74 Å². The molecule has 0 atom stereocenters.